The van der Waals surface area contributed by atoms with Gasteiger partial charge in [-0.2, -0.15) is 0 Å². The van der Waals surface area contributed by atoms with Gasteiger partial charge in [0.25, 0.3) is 0 Å². The summed E-state index contributed by atoms with van der Waals surface area (Å²) in [5.41, 5.74) is 0.303. The Kier molecular flexibility index (Phi) is 6.82. The zero-order valence-electron chi connectivity index (χ0n) is 14.0. The number of rotatable bonds is 8. The standard InChI is InChI=1S/C17H18ClFN2O4S/c1-26(23,24)21(15-4-2-3-13(18)11-15)12-17(22)20-9-10-25-16-7-5-14(19)6-8-16/h2-8,11H,9-10,12H2,1H3,(H,20,22). The molecule has 2 rings (SSSR count). The molecule has 140 valence electrons. The van der Waals surface area contributed by atoms with E-state index in [1.807, 2.05) is 0 Å². The lowest BCUT2D eigenvalue weighted by molar-refractivity contribution is -0.119. The molecule has 2 aromatic carbocycles. The fourth-order valence-electron chi connectivity index (χ4n) is 2.11. The van der Waals surface area contributed by atoms with E-state index >= 15 is 0 Å². The largest absolute Gasteiger partial charge is 0.492 e. The van der Waals surface area contributed by atoms with Gasteiger partial charge in [-0.15, -0.1) is 0 Å². The lowest BCUT2D eigenvalue weighted by Crippen LogP contribution is -2.41. The van der Waals surface area contributed by atoms with Crippen LogP contribution in [0.25, 0.3) is 0 Å². The molecule has 6 nitrogen and oxygen atoms in total. The van der Waals surface area contributed by atoms with Crippen LogP contribution < -0.4 is 14.4 Å². The van der Waals surface area contributed by atoms with E-state index in [2.05, 4.69) is 5.32 Å². The van der Waals surface area contributed by atoms with Crippen molar-refractivity contribution in [3.8, 4) is 5.75 Å². The molecule has 0 saturated heterocycles. The highest BCUT2D eigenvalue weighted by Gasteiger charge is 2.20. The van der Waals surface area contributed by atoms with Crippen LogP contribution in [0, 0.1) is 5.82 Å². The van der Waals surface area contributed by atoms with Crippen molar-refractivity contribution in [1.29, 1.82) is 0 Å². The van der Waals surface area contributed by atoms with Crippen molar-refractivity contribution in [2.24, 2.45) is 0 Å². The minimum Gasteiger partial charge on any atom is -0.492 e. The summed E-state index contributed by atoms with van der Waals surface area (Å²) in [6.45, 7) is -0.0491. The third kappa shape index (κ3) is 6.20. The number of hydrogen-bond donors (Lipinski definition) is 1. The molecule has 0 saturated carbocycles. The molecule has 2 aromatic rings. The molecule has 0 fully saturated rings. The van der Waals surface area contributed by atoms with Gasteiger partial charge in [0.15, 0.2) is 0 Å². The van der Waals surface area contributed by atoms with Crippen LogP contribution in [0.3, 0.4) is 0 Å². The lowest BCUT2D eigenvalue weighted by Gasteiger charge is -2.22. The molecule has 0 unspecified atom stereocenters. The summed E-state index contributed by atoms with van der Waals surface area (Å²) >= 11 is 5.88. The fraction of sp³-hybridized carbons (Fsp3) is 0.235. The molecule has 0 aliphatic heterocycles. The number of nitrogens with zero attached hydrogens (tertiary/aromatic N) is 1. The van der Waals surface area contributed by atoms with Gasteiger partial charge in [0, 0.05) is 5.02 Å². The SMILES string of the molecule is CS(=O)(=O)N(CC(=O)NCCOc1ccc(F)cc1)c1cccc(Cl)c1. The van der Waals surface area contributed by atoms with Gasteiger partial charge in [-0.25, -0.2) is 12.8 Å². The van der Waals surface area contributed by atoms with E-state index in [4.69, 9.17) is 16.3 Å². The average molecular weight is 401 g/mol. The Hall–Kier alpha value is -2.32. The molecule has 0 heterocycles. The number of sulfonamides is 1. The molecule has 0 bridgehead atoms. The van der Waals surface area contributed by atoms with Crippen LogP contribution in [0.1, 0.15) is 0 Å². The summed E-state index contributed by atoms with van der Waals surface area (Å²) in [5.74, 6) is -0.386. The number of benzene rings is 2. The Morgan fingerprint density at radius 3 is 2.54 bits per heavy atom. The van der Waals surface area contributed by atoms with E-state index in [0.717, 1.165) is 10.6 Å². The van der Waals surface area contributed by atoms with Gasteiger partial charge in [0.05, 0.1) is 18.5 Å². The number of amides is 1. The zero-order chi connectivity index (χ0) is 19.2. The Morgan fingerprint density at radius 2 is 1.92 bits per heavy atom. The molecule has 26 heavy (non-hydrogen) atoms. The molecule has 0 atom stereocenters. The van der Waals surface area contributed by atoms with Gasteiger partial charge < -0.3 is 10.1 Å². The molecule has 0 aliphatic rings. The first-order valence-electron chi connectivity index (χ1n) is 7.64. The van der Waals surface area contributed by atoms with Crippen LogP contribution in [0.5, 0.6) is 5.75 Å². The van der Waals surface area contributed by atoms with Crippen molar-refractivity contribution in [1.82, 2.24) is 5.32 Å². The molecular formula is C17H18ClFN2O4S. The fourth-order valence-corrected chi connectivity index (χ4v) is 3.14. The predicted octanol–water partition coefficient (Wildman–Crippen LogP) is 2.44. The predicted molar refractivity (Wildman–Crippen MR) is 98.5 cm³/mol. The van der Waals surface area contributed by atoms with Crippen LogP contribution >= 0.6 is 11.6 Å². The highest BCUT2D eigenvalue weighted by atomic mass is 35.5. The maximum absolute atomic E-state index is 12.8. The smallest absolute Gasteiger partial charge is 0.240 e. The van der Waals surface area contributed by atoms with Crippen molar-refractivity contribution in [3.63, 3.8) is 0 Å². The van der Waals surface area contributed by atoms with Crippen LogP contribution in [0.15, 0.2) is 48.5 Å². The second-order valence-electron chi connectivity index (χ2n) is 5.40. The topological polar surface area (TPSA) is 75.7 Å². The molecular weight excluding hydrogens is 383 g/mol. The monoisotopic (exact) mass is 400 g/mol. The first-order valence-corrected chi connectivity index (χ1v) is 9.86. The molecule has 0 spiro atoms. The average Bonchev–Trinajstić information content (AvgIpc) is 2.57. The van der Waals surface area contributed by atoms with Gasteiger partial charge in [-0.1, -0.05) is 17.7 Å². The van der Waals surface area contributed by atoms with E-state index in [9.17, 15) is 17.6 Å². The lowest BCUT2D eigenvalue weighted by atomic mass is 10.3. The maximum Gasteiger partial charge on any atom is 0.240 e. The molecule has 1 amide bonds. The van der Waals surface area contributed by atoms with Gasteiger partial charge in [-0.05, 0) is 42.5 Å². The Balaban J connectivity index is 1.88. The summed E-state index contributed by atoms with van der Waals surface area (Å²) in [6.07, 6.45) is 1.01. The summed E-state index contributed by atoms with van der Waals surface area (Å²) in [5, 5.41) is 2.94. The minimum atomic E-state index is -3.66. The van der Waals surface area contributed by atoms with Crippen molar-refractivity contribution >= 4 is 33.2 Å². The normalized spacial score (nSPS) is 11.0. The Morgan fingerprint density at radius 1 is 1.23 bits per heavy atom. The number of halogens is 2. The number of ether oxygens (including phenoxy) is 1. The molecule has 0 aliphatic carbocycles. The van der Waals surface area contributed by atoms with E-state index in [0.29, 0.717) is 16.5 Å². The van der Waals surface area contributed by atoms with Gasteiger partial charge in [0.1, 0.15) is 24.7 Å². The van der Waals surface area contributed by atoms with Gasteiger partial charge >= 0.3 is 0 Å². The van der Waals surface area contributed by atoms with Gasteiger partial charge in [-0.3, -0.25) is 9.10 Å². The molecule has 1 N–H and O–H groups in total. The number of carbonyl (C=O) groups excluding carboxylic acids is 1. The van der Waals surface area contributed by atoms with E-state index in [-0.39, 0.29) is 25.5 Å². The third-order valence-electron chi connectivity index (χ3n) is 3.29. The summed E-state index contributed by atoms with van der Waals surface area (Å²) in [6, 6.07) is 11.7. The van der Waals surface area contributed by atoms with Crippen molar-refractivity contribution in [2.75, 3.05) is 30.3 Å². The van der Waals surface area contributed by atoms with E-state index in [1.165, 1.54) is 30.3 Å². The highest BCUT2D eigenvalue weighted by molar-refractivity contribution is 7.92. The second kappa shape index (κ2) is 8.86. The highest BCUT2D eigenvalue weighted by Crippen LogP contribution is 2.21. The molecule has 0 radical (unpaired) electrons. The Labute approximate surface area is 156 Å². The number of carbonyl (C=O) groups is 1. The number of hydrogen-bond acceptors (Lipinski definition) is 4. The van der Waals surface area contributed by atoms with Crippen LogP contribution in [-0.4, -0.2) is 40.3 Å². The Bertz CT molecular complexity index is 859. The summed E-state index contributed by atoms with van der Waals surface area (Å²) < 4.78 is 43.0. The first kappa shape index (κ1) is 20.0. The quantitative estimate of drug-likeness (QED) is 0.690. The summed E-state index contributed by atoms with van der Waals surface area (Å²) in [4.78, 5) is 12.1. The third-order valence-corrected chi connectivity index (χ3v) is 4.67. The molecule has 9 heteroatoms. The number of nitrogens with one attached hydrogen (secondary N) is 1. The first-order chi connectivity index (χ1) is 12.3. The maximum atomic E-state index is 12.8. The van der Waals surface area contributed by atoms with Crippen LogP contribution in [0.2, 0.25) is 5.02 Å². The minimum absolute atomic E-state index is 0.160. The van der Waals surface area contributed by atoms with Crippen LogP contribution in [0.4, 0.5) is 10.1 Å². The van der Waals surface area contributed by atoms with Crippen molar-refractivity contribution in [2.45, 2.75) is 0 Å². The van der Waals surface area contributed by atoms with E-state index < -0.39 is 15.9 Å². The summed E-state index contributed by atoms with van der Waals surface area (Å²) in [7, 11) is -3.66. The van der Waals surface area contributed by atoms with Crippen LogP contribution in [-0.2, 0) is 14.8 Å². The van der Waals surface area contributed by atoms with Crippen molar-refractivity contribution in [3.05, 3.63) is 59.4 Å². The van der Waals surface area contributed by atoms with Gasteiger partial charge in [0.2, 0.25) is 15.9 Å². The second-order valence-corrected chi connectivity index (χ2v) is 7.75. The number of anilines is 1. The molecule has 0 aromatic heterocycles. The van der Waals surface area contributed by atoms with E-state index in [1.54, 1.807) is 18.2 Å². The van der Waals surface area contributed by atoms with Crippen molar-refractivity contribution < 1.29 is 22.3 Å². The zero-order valence-corrected chi connectivity index (χ0v) is 15.6.